The monoisotopic (exact) mass is 248 g/mol. The van der Waals surface area contributed by atoms with E-state index in [1.165, 1.54) is 0 Å². The number of rotatable bonds is 4. The van der Waals surface area contributed by atoms with E-state index in [0.29, 0.717) is 0 Å². The first-order valence-corrected chi connectivity index (χ1v) is 6.50. The summed E-state index contributed by atoms with van der Waals surface area (Å²) in [4.78, 5) is 11.4. The average molecular weight is 248 g/mol. The fraction of sp³-hybridized carbons (Fsp3) is 0.500. The largest absolute Gasteiger partial charge is 0.488 e. The van der Waals surface area contributed by atoms with Crippen molar-refractivity contribution in [2.24, 2.45) is 5.73 Å². The van der Waals surface area contributed by atoms with Crippen molar-refractivity contribution in [3.8, 4) is 5.75 Å². The first kappa shape index (κ1) is 12.9. The Morgan fingerprint density at radius 1 is 1.28 bits per heavy atom. The smallest absolute Gasteiger partial charge is 0.234 e. The summed E-state index contributed by atoms with van der Waals surface area (Å²) in [5.41, 5.74) is 5.33. The third-order valence-electron chi connectivity index (χ3n) is 3.26. The van der Waals surface area contributed by atoms with Gasteiger partial charge in [-0.15, -0.1) is 0 Å². The number of nitrogens with one attached hydrogen (secondary N) is 1. The van der Waals surface area contributed by atoms with Gasteiger partial charge in [-0.05, 0) is 31.4 Å². The average Bonchev–Trinajstić information content (AvgIpc) is 2.42. The van der Waals surface area contributed by atoms with Crippen LogP contribution in [0.1, 0.15) is 25.7 Å². The van der Waals surface area contributed by atoms with E-state index < -0.39 is 0 Å². The maximum Gasteiger partial charge on any atom is 0.234 e. The van der Waals surface area contributed by atoms with Gasteiger partial charge in [-0.3, -0.25) is 4.79 Å². The summed E-state index contributed by atoms with van der Waals surface area (Å²) in [6.45, 7) is 0.0363. The molecular formula is C14H20N2O2. The normalized spacial score (nSPS) is 23.4. The van der Waals surface area contributed by atoms with Crippen LogP contribution >= 0.6 is 0 Å². The summed E-state index contributed by atoms with van der Waals surface area (Å²) in [7, 11) is 0. The summed E-state index contributed by atoms with van der Waals surface area (Å²) in [6, 6.07) is 9.82. The SMILES string of the molecule is NCC(=O)N[C@@H]1CCCC[C@@H]1Oc1ccccc1. The van der Waals surface area contributed by atoms with Gasteiger partial charge >= 0.3 is 0 Å². The number of carbonyl (C=O) groups is 1. The van der Waals surface area contributed by atoms with Crippen molar-refractivity contribution in [1.29, 1.82) is 0 Å². The lowest BCUT2D eigenvalue weighted by Gasteiger charge is -2.32. The zero-order valence-corrected chi connectivity index (χ0v) is 10.5. The van der Waals surface area contributed by atoms with E-state index in [1.54, 1.807) is 0 Å². The van der Waals surface area contributed by atoms with Crippen molar-refractivity contribution < 1.29 is 9.53 Å². The molecule has 0 radical (unpaired) electrons. The van der Waals surface area contributed by atoms with Crippen molar-refractivity contribution >= 4 is 5.91 Å². The summed E-state index contributed by atoms with van der Waals surface area (Å²) in [5, 5.41) is 2.95. The van der Waals surface area contributed by atoms with Crippen LogP contribution in [-0.2, 0) is 4.79 Å². The van der Waals surface area contributed by atoms with Crippen LogP contribution in [0.2, 0.25) is 0 Å². The number of carbonyl (C=O) groups excluding carboxylic acids is 1. The molecule has 4 heteroatoms. The van der Waals surface area contributed by atoms with Gasteiger partial charge in [-0.2, -0.15) is 0 Å². The lowest BCUT2D eigenvalue weighted by molar-refractivity contribution is -0.121. The van der Waals surface area contributed by atoms with E-state index in [1.807, 2.05) is 30.3 Å². The van der Waals surface area contributed by atoms with E-state index in [-0.39, 0.29) is 24.6 Å². The molecular weight excluding hydrogens is 228 g/mol. The molecule has 4 nitrogen and oxygen atoms in total. The van der Waals surface area contributed by atoms with E-state index in [0.717, 1.165) is 31.4 Å². The summed E-state index contributed by atoms with van der Waals surface area (Å²) in [5.74, 6) is 0.750. The molecule has 0 unspecified atom stereocenters. The molecule has 2 atom stereocenters. The van der Waals surface area contributed by atoms with Crippen LogP contribution in [0.3, 0.4) is 0 Å². The molecule has 0 heterocycles. The number of amides is 1. The molecule has 2 rings (SSSR count). The van der Waals surface area contributed by atoms with Crippen LogP contribution in [0.15, 0.2) is 30.3 Å². The van der Waals surface area contributed by atoms with Crippen LogP contribution in [0.5, 0.6) is 5.75 Å². The molecule has 0 saturated heterocycles. The predicted octanol–water partition coefficient (Wildman–Crippen LogP) is 1.45. The second-order valence-electron chi connectivity index (χ2n) is 4.63. The van der Waals surface area contributed by atoms with Crippen molar-refractivity contribution in [2.75, 3.05) is 6.54 Å². The number of ether oxygens (including phenoxy) is 1. The zero-order valence-electron chi connectivity index (χ0n) is 10.5. The highest BCUT2D eigenvalue weighted by Crippen LogP contribution is 2.23. The molecule has 18 heavy (non-hydrogen) atoms. The molecule has 1 saturated carbocycles. The Labute approximate surface area is 108 Å². The standard InChI is InChI=1S/C14H20N2O2/c15-10-14(17)16-12-8-4-5-9-13(12)18-11-6-2-1-3-7-11/h1-3,6-7,12-13H,4-5,8-10,15H2,(H,16,17)/t12-,13+/m1/s1. The van der Waals surface area contributed by atoms with E-state index in [2.05, 4.69) is 5.32 Å². The van der Waals surface area contributed by atoms with Crippen molar-refractivity contribution in [3.63, 3.8) is 0 Å². The van der Waals surface area contributed by atoms with Crippen LogP contribution in [0, 0.1) is 0 Å². The molecule has 1 aromatic rings. The van der Waals surface area contributed by atoms with Crippen molar-refractivity contribution in [1.82, 2.24) is 5.32 Å². The minimum absolute atomic E-state index is 0.0363. The van der Waals surface area contributed by atoms with Gasteiger partial charge in [-0.1, -0.05) is 24.6 Å². The van der Waals surface area contributed by atoms with E-state index >= 15 is 0 Å². The number of hydrogen-bond donors (Lipinski definition) is 2. The highest BCUT2D eigenvalue weighted by atomic mass is 16.5. The van der Waals surface area contributed by atoms with Crippen LogP contribution in [0.25, 0.3) is 0 Å². The highest BCUT2D eigenvalue weighted by Gasteiger charge is 2.27. The lowest BCUT2D eigenvalue weighted by Crippen LogP contribution is -2.49. The summed E-state index contributed by atoms with van der Waals surface area (Å²) in [6.07, 6.45) is 4.27. The Morgan fingerprint density at radius 2 is 2.00 bits per heavy atom. The number of hydrogen-bond acceptors (Lipinski definition) is 3. The quantitative estimate of drug-likeness (QED) is 0.847. The van der Waals surface area contributed by atoms with Gasteiger partial charge in [0.15, 0.2) is 0 Å². The van der Waals surface area contributed by atoms with Crippen LogP contribution in [-0.4, -0.2) is 24.6 Å². The fourth-order valence-corrected chi connectivity index (χ4v) is 2.34. The van der Waals surface area contributed by atoms with Gasteiger partial charge in [0.2, 0.25) is 5.91 Å². The third-order valence-corrected chi connectivity index (χ3v) is 3.26. The summed E-state index contributed by atoms with van der Waals surface area (Å²) < 4.78 is 5.96. The molecule has 0 bridgehead atoms. The Morgan fingerprint density at radius 3 is 2.72 bits per heavy atom. The third kappa shape index (κ3) is 3.47. The highest BCUT2D eigenvalue weighted by molar-refractivity contribution is 5.78. The molecule has 1 fully saturated rings. The second kappa shape index (κ2) is 6.40. The molecule has 98 valence electrons. The van der Waals surface area contributed by atoms with E-state index in [9.17, 15) is 4.79 Å². The molecule has 0 spiro atoms. The molecule has 1 aliphatic carbocycles. The second-order valence-corrected chi connectivity index (χ2v) is 4.63. The lowest BCUT2D eigenvalue weighted by atomic mass is 9.92. The Kier molecular flexibility index (Phi) is 4.59. The molecule has 1 amide bonds. The molecule has 3 N–H and O–H groups in total. The van der Waals surface area contributed by atoms with Crippen molar-refractivity contribution in [3.05, 3.63) is 30.3 Å². The van der Waals surface area contributed by atoms with E-state index in [4.69, 9.17) is 10.5 Å². The molecule has 1 aliphatic rings. The predicted molar refractivity (Wildman–Crippen MR) is 70.3 cm³/mol. The Hall–Kier alpha value is -1.55. The zero-order chi connectivity index (χ0) is 12.8. The molecule has 0 aliphatic heterocycles. The molecule has 1 aromatic carbocycles. The topological polar surface area (TPSA) is 64.4 Å². The van der Waals surface area contributed by atoms with Crippen LogP contribution < -0.4 is 15.8 Å². The molecule has 0 aromatic heterocycles. The van der Waals surface area contributed by atoms with Gasteiger partial charge in [0, 0.05) is 0 Å². The van der Waals surface area contributed by atoms with Gasteiger partial charge in [0.25, 0.3) is 0 Å². The van der Waals surface area contributed by atoms with Gasteiger partial charge in [0.05, 0.1) is 12.6 Å². The van der Waals surface area contributed by atoms with Gasteiger partial charge < -0.3 is 15.8 Å². The summed E-state index contributed by atoms with van der Waals surface area (Å²) >= 11 is 0. The van der Waals surface area contributed by atoms with Crippen molar-refractivity contribution in [2.45, 2.75) is 37.8 Å². The maximum absolute atomic E-state index is 11.4. The van der Waals surface area contributed by atoms with Gasteiger partial charge in [-0.25, -0.2) is 0 Å². The number of nitrogens with two attached hydrogens (primary N) is 1. The first-order valence-electron chi connectivity index (χ1n) is 6.50. The Balaban J connectivity index is 1.97. The number of benzene rings is 1. The fourth-order valence-electron chi connectivity index (χ4n) is 2.34. The maximum atomic E-state index is 11.4. The first-order chi connectivity index (χ1) is 8.79. The van der Waals surface area contributed by atoms with Gasteiger partial charge in [0.1, 0.15) is 11.9 Å². The minimum Gasteiger partial charge on any atom is -0.488 e. The minimum atomic E-state index is -0.108. The number of para-hydroxylation sites is 1. The van der Waals surface area contributed by atoms with Crippen LogP contribution in [0.4, 0.5) is 0 Å². The Bertz CT molecular complexity index is 381.